The van der Waals surface area contributed by atoms with Crippen LogP contribution in [0.4, 0.5) is 0 Å². The molecule has 1 amide bonds. The summed E-state index contributed by atoms with van der Waals surface area (Å²) in [6.45, 7) is 3.66. The fourth-order valence-electron chi connectivity index (χ4n) is 2.90. The van der Waals surface area contributed by atoms with Crippen LogP contribution in [0.2, 0.25) is 0 Å². The zero-order valence-corrected chi connectivity index (χ0v) is 15.7. The molecule has 0 spiro atoms. The van der Waals surface area contributed by atoms with Crippen molar-refractivity contribution in [2.24, 2.45) is 0 Å². The first-order valence-corrected chi connectivity index (χ1v) is 9.53. The second-order valence-corrected chi connectivity index (χ2v) is 7.16. The van der Waals surface area contributed by atoms with Gasteiger partial charge >= 0.3 is 0 Å². The molecule has 2 aromatic rings. The highest BCUT2D eigenvalue weighted by molar-refractivity contribution is 7.12. The van der Waals surface area contributed by atoms with Crippen LogP contribution in [0, 0.1) is 0 Å². The predicted octanol–water partition coefficient (Wildman–Crippen LogP) is 1.95. The molecule has 0 saturated carbocycles. The molecule has 1 saturated heterocycles. The number of benzene rings is 1. The fraction of sp³-hybridized carbons (Fsp3) is 0.421. The second-order valence-electron chi connectivity index (χ2n) is 6.21. The topological polar surface area (TPSA) is 62.2 Å². The first-order valence-electron chi connectivity index (χ1n) is 8.66. The van der Waals surface area contributed by atoms with Crippen molar-refractivity contribution >= 4 is 17.2 Å². The number of β-amino-alcohol motifs (C(OH)–C–C–N with tert-alkyl or cyclic N) is 1. The molecule has 140 valence electrons. The molecule has 3 rings (SSSR count). The number of aliphatic hydroxyl groups excluding tert-OH is 1. The van der Waals surface area contributed by atoms with Gasteiger partial charge in [-0.15, -0.1) is 11.3 Å². The van der Waals surface area contributed by atoms with Gasteiger partial charge in [0.25, 0.3) is 5.91 Å². The third-order valence-corrected chi connectivity index (χ3v) is 5.22. The molecular weight excluding hydrogens is 352 g/mol. The van der Waals surface area contributed by atoms with Crippen molar-refractivity contribution < 1.29 is 19.4 Å². The number of carbonyl (C=O) groups excluding carboxylic acids is 1. The molecule has 1 N–H and O–H groups in total. The summed E-state index contributed by atoms with van der Waals surface area (Å²) >= 11 is 1.47. The van der Waals surface area contributed by atoms with Crippen molar-refractivity contribution in [3.05, 3.63) is 46.7 Å². The Morgan fingerprint density at radius 2 is 1.85 bits per heavy atom. The number of piperazine rings is 1. The molecule has 1 atom stereocenters. The van der Waals surface area contributed by atoms with Crippen LogP contribution in [0.15, 0.2) is 41.8 Å². The molecule has 1 aromatic carbocycles. The third kappa shape index (κ3) is 4.97. The van der Waals surface area contributed by atoms with Crippen molar-refractivity contribution in [2.45, 2.75) is 6.10 Å². The quantitative estimate of drug-likeness (QED) is 0.800. The highest BCUT2D eigenvalue weighted by Gasteiger charge is 2.23. The first-order chi connectivity index (χ1) is 12.7. The lowest BCUT2D eigenvalue weighted by Gasteiger charge is -2.35. The zero-order valence-electron chi connectivity index (χ0n) is 14.8. The molecule has 0 bridgehead atoms. The van der Waals surface area contributed by atoms with Gasteiger partial charge in [-0.3, -0.25) is 9.69 Å². The smallest absolute Gasteiger partial charge is 0.264 e. The highest BCUT2D eigenvalue weighted by atomic mass is 32.1. The Hall–Kier alpha value is -2.09. The Bertz CT molecular complexity index is 682. The Morgan fingerprint density at radius 3 is 2.46 bits per heavy atom. The number of rotatable bonds is 7. The minimum Gasteiger partial charge on any atom is -0.497 e. The second kappa shape index (κ2) is 9.02. The number of ether oxygens (including phenoxy) is 2. The normalized spacial score (nSPS) is 16.3. The molecule has 1 aromatic heterocycles. The first kappa shape index (κ1) is 18.7. The average molecular weight is 376 g/mol. The molecule has 26 heavy (non-hydrogen) atoms. The maximum absolute atomic E-state index is 12.3. The van der Waals surface area contributed by atoms with Crippen LogP contribution >= 0.6 is 11.3 Å². The summed E-state index contributed by atoms with van der Waals surface area (Å²) in [5, 5.41) is 12.1. The Morgan fingerprint density at radius 1 is 1.15 bits per heavy atom. The number of carbonyl (C=O) groups is 1. The van der Waals surface area contributed by atoms with Crippen LogP contribution in [-0.4, -0.2) is 73.4 Å². The SMILES string of the molecule is COc1ccc(OC[C@@H](O)CN2CCN(C(=O)c3cccs3)CC2)cc1. The van der Waals surface area contributed by atoms with E-state index in [1.165, 1.54) is 11.3 Å². The molecule has 1 aliphatic rings. The molecule has 0 aliphatic carbocycles. The third-order valence-electron chi connectivity index (χ3n) is 4.36. The van der Waals surface area contributed by atoms with E-state index in [0.29, 0.717) is 25.4 Å². The number of thiophene rings is 1. The maximum Gasteiger partial charge on any atom is 0.264 e. The van der Waals surface area contributed by atoms with E-state index in [-0.39, 0.29) is 12.5 Å². The molecule has 0 radical (unpaired) electrons. The number of aliphatic hydroxyl groups is 1. The summed E-state index contributed by atoms with van der Waals surface area (Å²) in [6, 6.07) is 11.0. The van der Waals surface area contributed by atoms with Gasteiger partial charge in [0.05, 0.1) is 12.0 Å². The van der Waals surface area contributed by atoms with Gasteiger partial charge in [-0.05, 0) is 35.7 Å². The monoisotopic (exact) mass is 376 g/mol. The van der Waals surface area contributed by atoms with E-state index < -0.39 is 6.10 Å². The fourth-order valence-corrected chi connectivity index (χ4v) is 3.60. The zero-order chi connectivity index (χ0) is 18.4. The van der Waals surface area contributed by atoms with E-state index in [2.05, 4.69) is 4.90 Å². The minimum atomic E-state index is -0.573. The molecule has 7 heteroatoms. The van der Waals surface area contributed by atoms with Crippen molar-refractivity contribution in [1.29, 1.82) is 0 Å². The van der Waals surface area contributed by atoms with Crippen LogP contribution < -0.4 is 9.47 Å². The van der Waals surface area contributed by atoms with Gasteiger partial charge in [0.15, 0.2) is 0 Å². The van der Waals surface area contributed by atoms with Gasteiger partial charge in [0.1, 0.15) is 24.2 Å². The van der Waals surface area contributed by atoms with Crippen LogP contribution in [0.1, 0.15) is 9.67 Å². The van der Waals surface area contributed by atoms with E-state index >= 15 is 0 Å². The Balaban J connectivity index is 1.39. The van der Waals surface area contributed by atoms with Gasteiger partial charge in [-0.2, -0.15) is 0 Å². The van der Waals surface area contributed by atoms with Crippen molar-refractivity contribution in [3.63, 3.8) is 0 Å². The van der Waals surface area contributed by atoms with Gasteiger partial charge in [-0.1, -0.05) is 6.07 Å². The van der Waals surface area contributed by atoms with Crippen molar-refractivity contribution in [3.8, 4) is 11.5 Å². The molecule has 1 fully saturated rings. The van der Waals surface area contributed by atoms with E-state index in [9.17, 15) is 9.90 Å². The number of amides is 1. The summed E-state index contributed by atoms with van der Waals surface area (Å²) in [7, 11) is 1.62. The van der Waals surface area contributed by atoms with Gasteiger partial charge in [0, 0.05) is 32.7 Å². The van der Waals surface area contributed by atoms with Crippen LogP contribution in [0.5, 0.6) is 11.5 Å². The Labute approximate surface area is 157 Å². The number of hydrogen-bond acceptors (Lipinski definition) is 6. The summed E-state index contributed by atoms with van der Waals surface area (Å²) in [6.07, 6.45) is -0.573. The van der Waals surface area contributed by atoms with Crippen LogP contribution in [0.3, 0.4) is 0 Å². The lowest BCUT2D eigenvalue weighted by atomic mass is 10.2. The Kier molecular flexibility index (Phi) is 6.49. The summed E-state index contributed by atoms with van der Waals surface area (Å²) < 4.78 is 10.7. The lowest BCUT2D eigenvalue weighted by Crippen LogP contribution is -2.50. The summed E-state index contributed by atoms with van der Waals surface area (Å²) in [4.78, 5) is 17.2. The van der Waals surface area contributed by atoms with Gasteiger partial charge in [0.2, 0.25) is 0 Å². The summed E-state index contributed by atoms with van der Waals surface area (Å²) in [5.41, 5.74) is 0. The van der Waals surface area contributed by atoms with Gasteiger partial charge in [-0.25, -0.2) is 0 Å². The largest absolute Gasteiger partial charge is 0.497 e. The molecule has 6 nitrogen and oxygen atoms in total. The number of methoxy groups -OCH3 is 1. The summed E-state index contributed by atoms with van der Waals surface area (Å²) in [5.74, 6) is 1.58. The van der Waals surface area contributed by atoms with E-state index in [4.69, 9.17) is 9.47 Å². The molecule has 2 heterocycles. The van der Waals surface area contributed by atoms with Crippen molar-refractivity contribution in [2.75, 3.05) is 46.4 Å². The maximum atomic E-state index is 12.3. The molecule has 0 unspecified atom stereocenters. The van der Waals surface area contributed by atoms with Crippen LogP contribution in [0.25, 0.3) is 0 Å². The van der Waals surface area contributed by atoms with Gasteiger partial charge < -0.3 is 19.5 Å². The molecule has 1 aliphatic heterocycles. The van der Waals surface area contributed by atoms with E-state index in [1.54, 1.807) is 7.11 Å². The number of nitrogens with zero attached hydrogens (tertiary/aromatic N) is 2. The standard InChI is InChI=1S/C19H24N2O4S/c1-24-16-4-6-17(7-5-16)25-14-15(22)13-20-8-10-21(11-9-20)19(23)18-3-2-12-26-18/h2-7,12,15,22H,8-11,13-14H2,1H3/t15-/m0/s1. The van der Waals surface area contributed by atoms with Crippen molar-refractivity contribution in [1.82, 2.24) is 9.80 Å². The van der Waals surface area contributed by atoms with E-state index in [1.807, 2.05) is 46.7 Å². The van der Waals surface area contributed by atoms with Crippen LogP contribution in [-0.2, 0) is 0 Å². The average Bonchev–Trinajstić information content (AvgIpc) is 3.21. The lowest BCUT2D eigenvalue weighted by molar-refractivity contribution is 0.0406. The minimum absolute atomic E-state index is 0.100. The molecular formula is C19H24N2O4S. The number of hydrogen-bond donors (Lipinski definition) is 1. The van der Waals surface area contributed by atoms with E-state index in [0.717, 1.165) is 23.7 Å². The highest BCUT2D eigenvalue weighted by Crippen LogP contribution is 2.17. The predicted molar refractivity (Wildman–Crippen MR) is 101 cm³/mol.